The Morgan fingerprint density at radius 2 is 2.40 bits per heavy atom. The zero-order valence-corrected chi connectivity index (χ0v) is 11.5. The van der Waals surface area contributed by atoms with Crippen molar-refractivity contribution in [3.8, 4) is 11.8 Å². The molecular formula is C14H13N3O2S. The van der Waals surface area contributed by atoms with Gasteiger partial charge < -0.3 is 10.4 Å². The van der Waals surface area contributed by atoms with Crippen LogP contribution in [0, 0.1) is 11.8 Å². The van der Waals surface area contributed by atoms with E-state index in [0.717, 1.165) is 5.69 Å². The SMILES string of the molecule is O=C(NCCc1cscn1)c1ccncc1C#CCO. The van der Waals surface area contributed by atoms with E-state index in [0.29, 0.717) is 24.1 Å². The number of aromatic nitrogens is 2. The van der Waals surface area contributed by atoms with Crippen molar-refractivity contribution in [1.29, 1.82) is 0 Å². The molecule has 0 aliphatic carbocycles. The summed E-state index contributed by atoms with van der Waals surface area (Å²) in [6.45, 7) is 0.261. The van der Waals surface area contributed by atoms with Crippen LogP contribution in [0.3, 0.4) is 0 Å². The van der Waals surface area contributed by atoms with Gasteiger partial charge in [-0.05, 0) is 6.07 Å². The average molecular weight is 287 g/mol. The molecule has 5 nitrogen and oxygen atoms in total. The highest BCUT2D eigenvalue weighted by Gasteiger charge is 2.09. The lowest BCUT2D eigenvalue weighted by Gasteiger charge is -2.05. The summed E-state index contributed by atoms with van der Waals surface area (Å²) in [7, 11) is 0. The smallest absolute Gasteiger partial charge is 0.252 e. The van der Waals surface area contributed by atoms with Crippen molar-refractivity contribution in [3.63, 3.8) is 0 Å². The fourth-order valence-corrected chi connectivity index (χ4v) is 2.18. The van der Waals surface area contributed by atoms with Gasteiger partial charge in [0.1, 0.15) is 6.61 Å². The molecule has 0 aliphatic rings. The minimum absolute atomic E-state index is 0.204. The Labute approximate surface area is 120 Å². The first-order chi connectivity index (χ1) is 9.81. The Balaban J connectivity index is 1.98. The molecule has 0 atom stereocenters. The first-order valence-corrected chi connectivity index (χ1v) is 6.94. The van der Waals surface area contributed by atoms with Crippen LogP contribution in [0.15, 0.2) is 29.4 Å². The van der Waals surface area contributed by atoms with Gasteiger partial charge in [0.2, 0.25) is 0 Å². The first kappa shape index (κ1) is 14.2. The third kappa shape index (κ3) is 3.88. The molecule has 0 bridgehead atoms. The van der Waals surface area contributed by atoms with Crippen LogP contribution in [0.1, 0.15) is 21.6 Å². The maximum absolute atomic E-state index is 12.1. The van der Waals surface area contributed by atoms with E-state index in [2.05, 4.69) is 27.1 Å². The molecule has 0 saturated carbocycles. The number of carbonyl (C=O) groups excluding carboxylic acids is 1. The van der Waals surface area contributed by atoms with Crippen LogP contribution in [0.25, 0.3) is 0 Å². The highest BCUT2D eigenvalue weighted by atomic mass is 32.1. The van der Waals surface area contributed by atoms with Gasteiger partial charge in [0.05, 0.1) is 22.3 Å². The number of carbonyl (C=O) groups is 1. The van der Waals surface area contributed by atoms with Crippen molar-refractivity contribution >= 4 is 17.2 Å². The number of amides is 1. The zero-order chi connectivity index (χ0) is 14.2. The number of aliphatic hydroxyl groups is 1. The average Bonchev–Trinajstić information content (AvgIpc) is 2.98. The fourth-order valence-electron chi connectivity index (χ4n) is 1.59. The summed E-state index contributed by atoms with van der Waals surface area (Å²) in [6, 6.07) is 1.61. The van der Waals surface area contributed by atoms with Gasteiger partial charge in [-0.15, -0.1) is 11.3 Å². The van der Waals surface area contributed by atoms with E-state index in [4.69, 9.17) is 5.11 Å². The normalized spacial score (nSPS) is 9.65. The molecule has 6 heteroatoms. The molecule has 0 aromatic carbocycles. The zero-order valence-electron chi connectivity index (χ0n) is 10.7. The van der Waals surface area contributed by atoms with Gasteiger partial charge in [0, 0.05) is 30.7 Å². The number of pyridine rings is 1. The van der Waals surface area contributed by atoms with Gasteiger partial charge in [-0.3, -0.25) is 9.78 Å². The van der Waals surface area contributed by atoms with Gasteiger partial charge in [-0.1, -0.05) is 11.8 Å². The van der Waals surface area contributed by atoms with E-state index < -0.39 is 0 Å². The van der Waals surface area contributed by atoms with Gasteiger partial charge >= 0.3 is 0 Å². The standard InChI is InChI=1S/C14H13N3O2S/c18-7-1-2-11-8-15-5-4-13(11)14(19)16-6-3-12-9-20-10-17-12/h4-5,8-10,18H,3,6-7H2,(H,16,19). The summed E-state index contributed by atoms with van der Waals surface area (Å²) in [5, 5.41) is 13.5. The molecule has 0 unspecified atom stereocenters. The van der Waals surface area contributed by atoms with Crippen molar-refractivity contribution in [2.45, 2.75) is 6.42 Å². The molecule has 2 N–H and O–H groups in total. The van der Waals surface area contributed by atoms with Crippen molar-refractivity contribution < 1.29 is 9.90 Å². The quantitative estimate of drug-likeness (QED) is 0.818. The lowest BCUT2D eigenvalue weighted by molar-refractivity contribution is 0.0953. The fraction of sp³-hybridized carbons (Fsp3) is 0.214. The van der Waals surface area contributed by atoms with Gasteiger partial charge in [0.15, 0.2) is 0 Å². The van der Waals surface area contributed by atoms with E-state index in [1.54, 1.807) is 17.8 Å². The van der Waals surface area contributed by atoms with Crippen LogP contribution in [-0.4, -0.2) is 34.1 Å². The summed E-state index contributed by atoms with van der Waals surface area (Å²) in [4.78, 5) is 20.1. The molecule has 0 aliphatic heterocycles. The van der Waals surface area contributed by atoms with Crippen molar-refractivity contribution in [1.82, 2.24) is 15.3 Å². The number of hydrogen-bond donors (Lipinski definition) is 2. The Kier molecular flexibility index (Phi) is 5.24. The number of rotatable bonds is 4. The largest absolute Gasteiger partial charge is 0.384 e. The molecule has 0 saturated heterocycles. The summed E-state index contributed by atoms with van der Waals surface area (Å²) < 4.78 is 0. The van der Waals surface area contributed by atoms with E-state index in [9.17, 15) is 4.79 Å². The van der Waals surface area contributed by atoms with Crippen molar-refractivity contribution in [3.05, 3.63) is 46.2 Å². The summed E-state index contributed by atoms with van der Waals surface area (Å²) in [5.74, 6) is 5.03. The third-order valence-corrected chi connectivity index (χ3v) is 3.15. The highest BCUT2D eigenvalue weighted by Crippen LogP contribution is 2.06. The number of hydrogen-bond acceptors (Lipinski definition) is 5. The van der Waals surface area contributed by atoms with Crippen LogP contribution in [0.5, 0.6) is 0 Å². The van der Waals surface area contributed by atoms with Gasteiger partial charge in [0.25, 0.3) is 5.91 Å². The maximum Gasteiger partial charge on any atom is 0.252 e. The maximum atomic E-state index is 12.1. The van der Waals surface area contributed by atoms with Crippen LogP contribution in [-0.2, 0) is 6.42 Å². The Bertz CT molecular complexity index is 629. The van der Waals surface area contributed by atoms with E-state index in [1.165, 1.54) is 17.5 Å². The molecule has 2 aromatic rings. The molecule has 2 heterocycles. The molecular weight excluding hydrogens is 274 g/mol. The Morgan fingerprint density at radius 3 is 3.15 bits per heavy atom. The Morgan fingerprint density at radius 1 is 1.50 bits per heavy atom. The topological polar surface area (TPSA) is 75.1 Å². The molecule has 0 spiro atoms. The molecule has 0 radical (unpaired) electrons. The van der Waals surface area contributed by atoms with Crippen LogP contribution in [0.2, 0.25) is 0 Å². The van der Waals surface area contributed by atoms with Crippen molar-refractivity contribution in [2.24, 2.45) is 0 Å². The summed E-state index contributed by atoms with van der Waals surface area (Å²) in [5.41, 5.74) is 3.69. The van der Waals surface area contributed by atoms with E-state index in [-0.39, 0.29) is 12.5 Å². The van der Waals surface area contributed by atoms with Crippen LogP contribution in [0.4, 0.5) is 0 Å². The van der Waals surface area contributed by atoms with E-state index >= 15 is 0 Å². The summed E-state index contributed by atoms with van der Waals surface area (Å²) >= 11 is 1.53. The predicted octanol–water partition coefficient (Wildman–Crippen LogP) is 0.854. The monoisotopic (exact) mass is 287 g/mol. The molecule has 0 fully saturated rings. The second-order valence-electron chi connectivity index (χ2n) is 3.87. The molecule has 102 valence electrons. The second-order valence-corrected chi connectivity index (χ2v) is 4.59. The lowest BCUT2D eigenvalue weighted by atomic mass is 10.1. The minimum Gasteiger partial charge on any atom is -0.384 e. The first-order valence-electron chi connectivity index (χ1n) is 6.00. The second kappa shape index (κ2) is 7.38. The van der Waals surface area contributed by atoms with Crippen molar-refractivity contribution in [2.75, 3.05) is 13.2 Å². The number of thiazole rings is 1. The number of nitrogens with one attached hydrogen (secondary N) is 1. The third-order valence-electron chi connectivity index (χ3n) is 2.52. The van der Waals surface area contributed by atoms with Crippen LogP contribution < -0.4 is 5.32 Å². The highest BCUT2D eigenvalue weighted by molar-refractivity contribution is 7.07. The van der Waals surface area contributed by atoms with Gasteiger partial charge in [-0.25, -0.2) is 4.98 Å². The van der Waals surface area contributed by atoms with Gasteiger partial charge in [-0.2, -0.15) is 0 Å². The summed E-state index contributed by atoms with van der Waals surface area (Å²) in [6.07, 6.45) is 3.75. The Hall–Kier alpha value is -2.23. The minimum atomic E-state index is -0.250. The molecule has 1 amide bonds. The predicted molar refractivity (Wildman–Crippen MR) is 76.4 cm³/mol. The number of nitrogens with zero attached hydrogens (tertiary/aromatic N) is 2. The van der Waals surface area contributed by atoms with Crippen LogP contribution >= 0.6 is 11.3 Å². The van der Waals surface area contributed by atoms with E-state index in [1.807, 2.05) is 5.38 Å². The number of aliphatic hydroxyl groups excluding tert-OH is 1. The lowest BCUT2D eigenvalue weighted by Crippen LogP contribution is -2.26. The molecule has 20 heavy (non-hydrogen) atoms. The molecule has 2 rings (SSSR count). The molecule has 2 aromatic heterocycles.